The molecule has 0 fully saturated rings. The first-order chi connectivity index (χ1) is 10.6. The highest BCUT2D eigenvalue weighted by molar-refractivity contribution is 8.00. The lowest BCUT2D eigenvalue weighted by Gasteiger charge is -2.26. The molecule has 1 heterocycles. The van der Waals surface area contributed by atoms with Crippen molar-refractivity contribution in [2.24, 2.45) is 0 Å². The van der Waals surface area contributed by atoms with Crippen molar-refractivity contribution in [2.75, 3.05) is 4.90 Å². The summed E-state index contributed by atoms with van der Waals surface area (Å²) in [6, 6.07) is 16.8. The Balaban J connectivity index is 1.77. The molecule has 3 heteroatoms. The molecule has 114 valence electrons. The van der Waals surface area contributed by atoms with Gasteiger partial charge in [0, 0.05) is 16.6 Å². The smallest absolute Gasteiger partial charge is 0.240 e. The summed E-state index contributed by atoms with van der Waals surface area (Å²) in [5.74, 6) is 0.197. The van der Waals surface area contributed by atoms with Crippen LogP contribution in [-0.2, 0) is 11.2 Å². The summed E-state index contributed by atoms with van der Waals surface area (Å²) in [6.45, 7) is 6.20. The zero-order valence-corrected chi connectivity index (χ0v) is 14.1. The lowest BCUT2D eigenvalue weighted by molar-refractivity contribution is -0.118. The predicted octanol–water partition coefficient (Wildman–Crippen LogP) is 4.45. The summed E-state index contributed by atoms with van der Waals surface area (Å²) >= 11 is 1.63. The minimum Gasteiger partial charge on any atom is -0.308 e. The Bertz CT molecular complexity index is 680. The highest BCUT2D eigenvalue weighted by Gasteiger charge is 2.33. The summed E-state index contributed by atoms with van der Waals surface area (Å²) in [5.41, 5.74) is 3.60. The molecular formula is C19H21NOS. The van der Waals surface area contributed by atoms with Crippen LogP contribution in [0.4, 0.5) is 5.69 Å². The molecule has 1 amide bonds. The first kappa shape index (κ1) is 15.2. The molecule has 2 atom stereocenters. The number of hydrogen-bond donors (Lipinski definition) is 0. The normalized spacial score (nSPS) is 18.1. The molecule has 0 bridgehead atoms. The highest BCUT2D eigenvalue weighted by atomic mass is 32.2. The number of para-hydroxylation sites is 1. The van der Waals surface area contributed by atoms with Gasteiger partial charge < -0.3 is 4.90 Å². The van der Waals surface area contributed by atoms with Gasteiger partial charge in [-0.15, -0.1) is 11.8 Å². The van der Waals surface area contributed by atoms with E-state index in [9.17, 15) is 4.79 Å². The minimum atomic E-state index is -0.0867. The molecule has 3 rings (SSSR count). The molecule has 1 aliphatic rings. The minimum absolute atomic E-state index is 0.0867. The standard InChI is InChI=1S/C19H21NOS/c1-13-8-10-17(11-9-13)22-15(3)19(21)20-14(2)12-16-6-4-5-7-18(16)20/h4-11,14-15H,12H2,1-3H3/t14-,15-/m1/s1. The van der Waals surface area contributed by atoms with Gasteiger partial charge in [0.1, 0.15) is 0 Å². The van der Waals surface area contributed by atoms with E-state index in [0.717, 1.165) is 17.0 Å². The van der Waals surface area contributed by atoms with E-state index in [1.54, 1.807) is 11.8 Å². The van der Waals surface area contributed by atoms with Gasteiger partial charge in [0.05, 0.1) is 5.25 Å². The summed E-state index contributed by atoms with van der Waals surface area (Å²) in [7, 11) is 0. The van der Waals surface area contributed by atoms with Crippen LogP contribution in [0.1, 0.15) is 25.0 Å². The number of nitrogens with zero attached hydrogens (tertiary/aromatic N) is 1. The fourth-order valence-electron chi connectivity index (χ4n) is 2.97. The van der Waals surface area contributed by atoms with Gasteiger partial charge in [-0.25, -0.2) is 0 Å². The monoisotopic (exact) mass is 311 g/mol. The number of thioether (sulfide) groups is 1. The van der Waals surface area contributed by atoms with Crippen LogP contribution in [0.15, 0.2) is 53.4 Å². The van der Waals surface area contributed by atoms with Crippen molar-refractivity contribution in [3.05, 3.63) is 59.7 Å². The van der Waals surface area contributed by atoms with Crippen LogP contribution in [0, 0.1) is 6.92 Å². The topological polar surface area (TPSA) is 20.3 Å². The third-order valence-electron chi connectivity index (χ3n) is 4.13. The number of benzene rings is 2. The molecule has 0 saturated heterocycles. The fourth-order valence-corrected chi connectivity index (χ4v) is 3.88. The Morgan fingerprint density at radius 1 is 1.18 bits per heavy atom. The van der Waals surface area contributed by atoms with Crippen LogP contribution < -0.4 is 4.90 Å². The molecule has 0 aliphatic carbocycles. The molecular weight excluding hydrogens is 290 g/mol. The van der Waals surface area contributed by atoms with Crippen LogP contribution in [0.25, 0.3) is 0 Å². The van der Waals surface area contributed by atoms with Crippen LogP contribution in [0.3, 0.4) is 0 Å². The molecule has 0 radical (unpaired) electrons. The first-order valence-corrected chi connectivity index (χ1v) is 8.58. The van der Waals surface area contributed by atoms with Crippen LogP contribution in [0.5, 0.6) is 0 Å². The first-order valence-electron chi connectivity index (χ1n) is 7.70. The number of amides is 1. The van der Waals surface area contributed by atoms with Crippen molar-refractivity contribution < 1.29 is 4.79 Å². The van der Waals surface area contributed by atoms with Gasteiger partial charge >= 0.3 is 0 Å². The lowest BCUT2D eigenvalue weighted by Crippen LogP contribution is -2.40. The Morgan fingerprint density at radius 2 is 1.86 bits per heavy atom. The van der Waals surface area contributed by atoms with Crippen LogP contribution >= 0.6 is 11.8 Å². The second-order valence-electron chi connectivity index (χ2n) is 5.96. The van der Waals surface area contributed by atoms with E-state index < -0.39 is 0 Å². The average molecular weight is 311 g/mol. The van der Waals surface area contributed by atoms with Crippen molar-refractivity contribution in [1.82, 2.24) is 0 Å². The SMILES string of the molecule is Cc1ccc(S[C@H](C)C(=O)N2c3ccccc3C[C@H]2C)cc1. The second-order valence-corrected chi connectivity index (χ2v) is 7.38. The number of rotatable bonds is 3. The molecule has 1 aliphatic heterocycles. The Hall–Kier alpha value is -1.74. The molecule has 0 N–H and O–H groups in total. The third kappa shape index (κ3) is 2.91. The molecule has 2 aromatic rings. The van der Waals surface area contributed by atoms with Gasteiger partial charge in [0.25, 0.3) is 0 Å². The zero-order valence-electron chi connectivity index (χ0n) is 13.2. The molecule has 0 spiro atoms. The van der Waals surface area contributed by atoms with Crippen LogP contribution in [-0.4, -0.2) is 17.2 Å². The van der Waals surface area contributed by atoms with Crippen molar-refractivity contribution in [3.8, 4) is 0 Å². The van der Waals surface area contributed by atoms with E-state index in [4.69, 9.17) is 0 Å². The summed E-state index contributed by atoms with van der Waals surface area (Å²) in [5, 5.41) is -0.0867. The highest BCUT2D eigenvalue weighted by Crippen LogP contribution is 2.34. The van der Waals surface area contributed by atoms with E-state index in [1.165, 1.54) is 11.1 Å². The van der Waals surface area contributed by atoms with E-state index >= 15 is 0 Å². The molecule has 22 heavy (non-hydrogen) atoms. The number of hydrogen-bond acceptors (Lipinski definition) is 2. The Morgan fingerprint density at radius 3 is 2.59 bits per heavy atom. The van der Waals surface area contributed by atoms with E-state index in [-0.39, 0.29) is 17.2 Å². The number of carbonyl (C=O) groups is 1. The maximum absolute atomic E-state index is 12.9. The summed E-state index contributed by atoms with van der Waals surface area (Å²) in [4.78, 5) is 16.0. The summed E-state index contributed by atoms with van der Waals surface area (Å²) in [6.07, 6.45) is 0.948. The van der Waals surface area contributed by atoms with Gasteiger partial charge in [-0.05, 0) is 51.0 Å². The lowest BCUT2D eigenvalue weighted by atomic mass is 10.1. The van der Waals surface area contributed by atoms with Gasteiger partial charge in [-0.1, -0.05) is 35.9 Å². The van der Waals surface area contributed by atoms with Gasteiger partial charge in [0.2, 0.25) is 5.91 Å². The summed E-state index contributed by atoms with van der Waals surface area (Å²) < 4.78 is 0. The number of aryl methyl sites for hydroxylation is 1. The fraction of sp³-hybridized carbons (Fsp3) is 0.316. The Labute approximate surface area is 136 Å². The zero-order chi connectivity index (χ0) is 15.7. The van der Waals surface area contributed by atoms with Gasteiger partial charge in [-0.2, -0.15) is 0 Å². The quantitative estimate of drug-likeness (QED) is 0.780. The maximum atomic E-state index is 12.9. The second kappa shape index (κ2) is 6.17. The van der Waals surface area contributed by atoms with Gasteiger partial charge in [-0.3, -0.25) is 4.79 Å². The van der Waals surface area contributed by atoms with Crippen LogP contribution in [0.2, 0.25) is 0 Å². The van der Waals surface area contributed by atoms with Crippen molar-refractivity contribution >= 4 is 23.4 Å². The van der Waals surface area contributed by atoms with E-state index in [1.807, 2.05) is 24.0 Å². The molecule has 0 saturated carbocycles. The van der Waals surface area contributed by atoms with E-state index in [0.29, 0.717) is 0 Å². The third-order valence-corrected chi connectivity index (χ3v) is 5.23. The number of fused-ring (bicyclic) bond motifs is 1. The molecule has 0 aromatic heterocycles. The largest absolute Gasteiger partial charge is 0.308 e. The molecule has 2 nitrogen and oxygen atoms in total. The van der Waals surface area contributed by atoms with Gasteiger partial charge in [0.15, 0.2) is 0 Å². The predicted molar refractivity (Wildman–Crippen MR) is 93.6 cm³/mol. The van der Waals surface area contributed by atoms with Crippen molar-refractivity contribution in [2.45, 2.75) is 43.4 Å². The molecule has 2 aromatic carbocycles. The van der Waals surface area contributed by atoms with E-state index in [2.05, 4.69) is 50.2 Å². The molecule has 0 unspecified atom stereocenters. The Kier molecular flexibility index (Phi) is 4.25. The van der Waals surface area contributed by atoms with Crippen molar-refractivity contribution in [3.63, 3.8) is 0 Å². The number of carbonyl (C=O) groups excluding carboxylic acids is 1. The van der Waals surface area contributed by atoms with Crippen molar-refractivity contribution in [1.29, 1.82) is 0 Å². The average Bonchev–Trinajstić information content (AvgIpc) is 2.84. The number of anilines is 1. The maximum Gasteiger partial charge on any atom is 0.240 e.